The molecule has 26 heavy (non-hydrogen) atoms. The van der Waals surface area contributed by atoms with Crippen molar-refractivity contribution in [2.75, 3.05) is 0 Å². The van der Waals surface area contributed by atoms with Crippen molar-refractivity contribution in [1.29, 1.82) is 5.26 Å². The van der Waals surface area contributed by atoms with E-state index < -0.39 is 17.7 Å². The summed E-state index contributed by atoms with van der Waals surface area (Å²) >= 11 is 2.49. The van der Waals surface area contributed by atoms with Crippen LogP contribution in [0.25, 0.3) is 10.2 Å². The molecule has 0 radical (unpaired) electrons. The zero-order chi connectivity index (χ0) is 18.5. The molecule has 0 unspecified atom stereocenters. The molecule has 0 saturated heterocycles. The number of nitriles is 1. The molecule has 3 aromatic rings. The quantitative estimate of drug-likeness (QED) is 0.564. The normalized spacial score (nSPS) is 15.0. The van der Waals surface area contributed by atoms with Crippen molar-refractivity contribution in [1.82, 2.24) is 4.98 Å². The predicted octanol–water partition coefficient (Wildman–Crippen LogP) is 5.36. The number of halogens is 3. The second kappa shape index (κ2) is 6.18. The number of thiophene rings is 1. The van der Waals surface area contributed by atoms with E-state index in [1.54, 1.807) is 0 Å². The molecule has 1 aliphatic carbocycles. The van der Waals surface area contributed by atoms with Gasteiger partial charge >= 0.3 is 6.18 Å². The van der Waals surface area contributed by atoms with Gasteiger partial charge in [-0.15, -0.1) is 22.7 Å². The topological polar surface area (TPSA) is 53.8 Å². The molecular formula is C18H11F3N2OS2. The first-order chi connectivity index (χ1) is 12.4. The van der Waals surface area contributed by atoms with Crippen LogP contribution in [0.5, 0.6) is 0 Å². The van der Waals surface area contributed by atoms with E-state index in [0.29, 0.717) is 9.58 Å². The van der Waals surface area contributed by atoms with E-state index in [4.69, 9.17) is 0 Å². The fourth-order valence-corrected chi connectivity index (χ4v) is 5.28. The van der Waals surface area contributed by atoms with Gasteiger partial charge in [-0.2, -0.15) is 18.4 Å². The molecule has 4 rings (SSSR count). The number of aromatic nitrogens is 1. The third-order valence-electron chi connectivity index (χ3n) is 4.36. The van der Waals surface area contributed by atoms with Gasteiger partial charge < -0.3 is 0 Å². The molecule has 1 aromatic carbocycles. The molecule has 0 N–H and O–H groups in total. The van der Waals surface area contributed by atoms with Crippen molar-refractivity contribution in [3.63, 3.8) is 0 Å². The Labute approximate surface area is 154 Å². The van der Waals surface area contributed by atoms with Crippen LogP contribution in [-0.2, 0) is 19.0 Å². The van der Waals surface area contributed by atoms with E-state index >= 15 is 0 Å². The maximum absolute atomic E-state index is 12.8. The SMILES string of the molecule is N#C[C@@H](C(=O)c1cc2c(s1)CCC2)c1nc2cc(C(F)(F)F)ccc2s1. The number of nitrogens with zero attached hydrogens (tertiary/aromatic N) is 2. The maximum Gasteiger partial charge on any atom is 0.416 e. The Balaban J connectivity index is 1.69. The van der Waals surface area contributed by atoms with Gasteiger partial charge in [-0.1, -0.05) is 0 Å². The Morgan fingerprint density at radius 1 is 1.23 bits per heavy atom. The van der Waals surface area contributed by atoms with E-state index in [-0.39, 0.29) is 16.3 Å². The lowest BCUT2D eigenvalue weighted by atomic mass is 10.0. The summed E-state index contributed by atoms with van der Waals surface area (Å²) in [6.07, 6.45) is -1.49. The zero-order valence-electron chi connectivity index (χ0n) is 13.3. The monoisotopic (exact) mass is 392 g/mol. The first-order valence-corrected chi connectivity index (χ1v) is 9.53. The number of carbonyl (C=O) groups excluding carboxylic acids is 1. The minimum absolute atomic E-state index is 0.154. The number of hydrogen-bond donors (Lipinski definition) is 0. The van der Waals surface area contributed by atoms with E-state index in [1.165, 1.54) is 22.3 Å². The van der Waals surface area contributed by atoms with E-state index in [1.807, 2.05) is 12.1 Å². The predicted molar refractivity (Wildman–Crippen MR) is 93.7 cm³/mol. The van der Waals surface area contributed by atoms with Gasteiger partial charge in [0.2, 0.25) is 0 Å². The van der Waals surface area contributed by atoms with Gasteiger partial charge in [0.1, 0.15) is 5.01 Å². The number of aryl methyl sites for hydroxylation is 2. The molecule has 2 aromatic heterocycles. The second-order valence-electron chi connectivity index (χ2n) is 6.07. The highest BCUT2D eigenvalue weighted by atomic mass is 32.1. The summed E-state index contributed by atoms with van der Waals surface area (Å²) in [5.41, 5.74) is 0.520. The Morgan fingerprint density at radius 2 is 2.04 bits per heavy atom. The number of hydrogen-bond acceptors (Lipinski definition) is 5. The summed E-state index contributed by atoms with van der Waals surface area (Å²) in [6.45, 7) is 0. The highest BCUT2D eigenvalue weighted by Gasteiger charge is 2.32. The first-order valence-electron chi connectivity index (χ1n) is 7.90. The Bertz CT molecular complexity index is 1040. The van der Waals surface area contributed by atoms with Gasteiger partial charge in [0.15, 0.2) is 11.7 Å². The van der Waals surface area contributed by atoms with Crippen molar-refractivity contribution in [2.45, 2.75) is 31.4 Å². The van der Waals surface area contributed by atoms with Crippen LogP contribution in [0.4, 0.5) is 13.2 Å². The number of benzene rings is 1. The van der Waals surface area contributed by atoms with E-state index in [0.717, 1.165) is 48.3 Å². The molecule has 0 bridgehead atoms. The Kier molecular flexibility index (Phi) is 4.09. The second-order valence-corrected chi connectivity index (χ2v) is 8.27. The fraction of sp³-hybridized carbons (Fsp3) is 0.278. The maximum atomic E-state index is 12.8. The molecule has 0 spiro atoms. The summed E-state index contributed by atoms with van der Waals surface area (Å²) in [4.78, 5) is 18.6. The molecule has 132 valence electrons. The van der Waals surface area contributed by atoms with Crippen molar-refractivity contribution in [3.8, 4) is 6.07 Å². The number of ketones is 1. The number of carbonyl (C=O) groups is 1. The number of thiazole rings is 1. The van der Waals surface area contributed by atoms with Crippen LogP contribution < -0.4 is 0 Å². The van der Waals surface area contributed by atoms with Crippen LogP contribution in [0, 0.1) is 11.3 Å². The van der Waals surface area contributed by atoms with Gasteiger partial charge in [0.05, 0.1) is 26.7 Å². The number of fused-ring (bicyclic) bond motifs is 2. The van der Waals surface area contributed by atoms with Crippen LogP contribution in [0.1, 0.15) is 43.0 Å². The highest BCUT2D eigenvalue weighted by molar-refractivity contribution is 7.19. The molecular weight excluding hydrogens is 381 g/mol. The average Bonchev–Trinajstić information content (AvgIpc) is 3.27. The Hall–Kier alpha value is -2.24. The van der Waals surface area contributed by atoms with Crippen molar-refractivity contribution >= 4 is 38.7 Å². The molecule has 0 saturated carbocycles. The van der Waals surface area contributed by atoms with Crippen LogP contribution in [0.2, 0.25) is 0 Å². The molecule has 8 heteroatoms. The molecule has 1 aliphatic rings. The standard InChI is InChI=1S/C18H11F3N2OS2/c19-18(20,21)10-4-5-14-12(7-10)23-17(26-14)11(8-22)16(24)15-6-9-2-1-3-13(9)25-15/h4-7,11H,1-3H2/t11-/m0/s1. The van der Waals surface area contributed by atoms with E-state index in [9.17, 15) is 23.2 Å². The third-order valence-corrected chi connectivity index (χ3v) is 6.71. The lowest BCUT2D eigenvalue weighted by molar-refractivity contribution is -0.137. The zero-order valence-corrected chi connectivity index (χ0v) is 14.9. The Morgan fingerprint density at radius 3 is 2.73 bits per heavy atom. The van der Waals surface area contributed by atoms with Crippen LogP contribution in [0.3, 0.4) is 0 Å². The molecule has 0 aliphatic heterocycles. The molecule has 3 nitrogen and oxygen atoms in total. The summed E-state index contributed by atoms with van der Waals surface area (Å²) in [5.74, 6) is -1.43. The number of alkyl halides is 3. The fourth-order valence-electron chi connectivity index (χ4n) is 3.06. The van der Waals surface area contributed by atoms with E-state index in [2.05, 4.69) is 4.98 Å². The average molecular weight is 392 g/mol. The summed E-state index contributed by atoms with van der Waals surface area (Å²) in [6, 6.07) is 7.08. The van der Waals surface area contributed by atoms with Gasteiger partial charge in [-0.25, -0.2) is 4.98 Å². The number of rotatable bonds is 3. The van der Waals surface area contributed by atoms with Crippen LogP contribution in [0.15, 0.2) is 24.3 Å². The summed E-state index contributed by atoms with van der Waals surface area (Å²) in [5, 5.41) is 9.72. The van der Waals surface area contributed by atoms with Gasteiger partial charge in [-0.3, -0.25) is 4.79 Å². The third kappa shape index (κ3) is 2.91. The van der Waals surface area contributed by atoms with Crippen molar-refractivity contribution in [2.24, 2.45) is 0 Å². The van der Waals surface area contributed by atoms with Crippen LogP contribution in [-0.4, -0.2) is 10.8 Å². The summed E-state index contributed by atoms with van der Waals surface area (Å²) < 4.78 is 39.1. The minimum Gasteiger partial charge on any atom is -0.291 e. The number of Topliss-reactive ketones (excluding diaryl/α,β-unsaturated/α-hetero) is 1. The highest BCUT2D eigenvalue weighted by Crippen LogP contribution is 2.37. The molecule has 0 amide bonds. The smallest absolute Gasteiger partial charge is 0.291 e. The van der Waals surface area contributed by atoms with Gasteiger partial charge in [0.25, 0.3) is 0 Å². The summed E-state index contributed by atoms with van der Waals surface area (Å²) in [7, 11) is 0. The lowest BCUT2D eigenvalue weighted by Gasteiger charge is -2.04. The van der Waals surface area contributed by atoms with Gasteiger partial charge in [0, 0.05) is 4.88 Å². The van der Waals surface area contributed by atoms with Crippen molar-refractivity contribution < 1.29 is 18.0 Å². The largest absolute Gasteiger partial charge is 0.416 e. The minimum atomic E-state index is -4.46. The molecule has 2 heterocycles. The van der Waals surface area contributed by atoms with Crippen LogP contribution >= 0.6 is 22.7 Å². The molecule has 0 fully saturated rings. The lowest BCUT2D eigenvalue weighted by Crippen LogP contribution is -2.09. The van der Waals surface area contributed by atoms with Gasteiger partial charge in [-0.05, 0) is 49.1 Å². The molecule has 1 atom stereocenters. The first kappa shape index (κ1) is 17.2. The van der Waals surface area contributed by atoms with Crippen molar-refractivity contribution in [3.05, 3.63) is 50.2 Å².